The van der Waals surface area contributed by atoms with E-state index in [1.807, 2.05) is 68.4 Å². The third-order valence-corrected chi connectivity index (χ3v) is 4.08. The summed E-state index contributed by atoms with van der Waals surface area (Å²) in [5.41, 5.74) is 3.04. The van der Waals surface area contributed by atoms with E-state index in [4.69, 9.17) is 4.52 Å². The average molecular weight is 335 g/mol. The quantitative estimate of drug-likeness (QED) is 0.743. The fourth-order valence-corrected chi connectivity index (χ4v) is 2.77. The lowest BCUT2D eigenvalue weighted by Crippen LogP contribution is -2.28. The summed E-state index contributed by atoms with van der Waals surface area (Å²) in [4.78, 5) is 16.8. The number of carbonyl (C=O) groups excluding carboxylic acids is 1. The minimum atomic E-state index is -0.180. The van der Waals surface area contributed by atoms with Crippen molar-refractivity contribution in [1.29, 1.82) is 0 Å². The van der Waals surface area contributed by atoms with Crippen LogP contribution in [0.4, 0.5) is 0 Å². The predicted molar refractivity (Wildman–Crippen MR) is 95.8 cm³/mol. The molecule has 0 aliphatic heterocycles. The highest BCUT2D eigenvalue weighted by Gasteiger charge is 2.19. The number of nitrogens with one attached hydrogen (secondary N) is 1. The zero-order valence-corrected chi connectivity index (χ0v) is 14.4. The smallest absolute Gasteiger partial charge is 0.246 e. The minimum Gasteiger partial charge on any atom is -0.346 e. The van der Waals surface area contributed by atoms with Crippen molar-refractivity contribution in [3.8, 4) is 11.4 Å². The van der Waals surface area contributed by atoms with Gasteiger partial charge in [0.1, 0.15) is 0 Å². The summed E-state index contributed by atoms with van der Waals surface area (Å²) in [6.07, 6.45) is 0.730. The van der Waals surface area contributed by atoms with Crippen molar-refractivity contribution in [1.82, 2.24) is 15.5 Å². The molecule has 1 atom stereocenters. The highest BCUT2D eigenvalue weighted by atomic mass is 16.5. The van der Waals surface area contributed by atoms with Crippen LogP contribution in [0.2, 0.25) is 0 Å². The summed E-state index contributed by atoms with van der Waals surface area (Å²) in [5.74, 6) is 0.709. The molecule has 1 amide bonds. The van der Waals surface area contributed by atoms with Gasteiger partial charge in [-0.25, -0.2) is 0 Å². The van der Waals surface area contributed by atoms with E-state index in [0.29, 0.717) is 11.7 Å². The molecule has 25 heavy (non-hydrogen) atoms. The first kappa shape index (κ1) is 16.9. The molecule has 2 aromatic carbocycles. The van der Waals surface area contributed by atoms with E-state index < -0.39 is 0 Å². The molecule has 128 valence electrons. The molecule has 0 aliphatic rings. The Morgan fingerprint density at radius 2 is 1.96 bits per heavy atom. The number of hydrogen-bond acceptors (Lipinski definition) is 4. The second kappa shape index (κ2) is 7.75. The van der Waals surface area contributed by atoms with Crippen LogP contribution in [0.25, 0.3) is 11.4 Å². The van der Waals surface area contributed by atoms with E-state index in [9.17, 15) is 4.79 Å². The van der Waals surface area contributed by atoms with Crippen molar-refractivity contribution in [3.63, 3.8) is 0 Å². The van der Waals surface area contributed by atoms with Gasteiger partial charge < -0.3 is 9.84 Å². The molecule has 0 spiro atoms. The van der Waals surface area contributed by atoms with Gasteiger partial charge in [-0.2, -0.15) is 4.98 Å². The Balaban J connectivity index is 1.65. The third-order valence-electron chi connectivity index (χ3n) is 4.08. The Hall–Kier alpha value is -2.95. The Morgan fingerprint density at radius 3 is 2.68 bits per heavy atom. The molecule has 3 rings (SSSR count). The van der Waals surface area contributed by atoms with E-state index in [-0.39, 0.29) is 18.4 Å². The van der Waals surface area contributed by atoms with Crippen LogP contribution in [-0.2, 0) is 11.3 Å². The highest BCUT2D eigenvalue weighted by molar-refractivity contribution is 5.83. The summed E-state index contributed by atoms with van der Waals surface area (Å²) in [6.45, 7) is 4.24. The Labute approximate surface area is 147 Å². The van der Waals surface area contributed by atoms with E-state index in [1.54, 1.807) is 0 Å². The van der Waals surface area contributed by atoms with Crippen LogP contribution in [0, 0.1) is 6.92 Å². The first-order valence-electron chi connectivity index (χ1n) is 8.39. The highest BCUT2D eigenvalue weighted by Crippen LogP contribution is 2.20. The fraction of sp³-hybridized carbons (Fsp3) is 0.250. The molecule has 0 radical (unpaired) electrons. The lowest BCUT2D eigenvalue weighted by Gasteiger charge is -2.14. The molecular weight excluding hydrogens is 314 g/mol. The van der Waals surface area contributed by atoms with Gasteiger partial charge in [0.25, 0.3) is 0 Å². The number of amides is 1. The van der Waals surface area contributed by atoms with Crippen LogP contribution >= 0.6 is 0 Å². The molecule has 0 bridgehead atoms. The molecule has 0 saturated heterocycles. The molecule has 1 heterocycles. The third kappa shape index (κ3) is 4.12. The molecule has 1 N–H and O–H groups in total. The Kier molecular flexibility index (Phi) is 5.23. The van der Waals surface area contributed by atoms with Crippen molar-refractivity contribution in [2.45, 2.75) is 32.7 Å². The first-order valence-corrected chi connectivity index (χ1v) is 8.39. The van der Waals surface area contributed by atoms with Crippen molar-refractivity contribution in [2.75, 3.05) is 0 Å². The zero-order valence-electron chi connectivity index (χ0n) is 14.4. The van der Waals surface area contributed by atoms with Crippen molar-refractivity contribution in [2.24, 2.45) is 0 Å². The summed E-state index contributed by atoms with van der Waals surface area (Å²) in [6, 6.07) is 17.7. The van der Waals surface area contributed by atoms with Gasteiger partial charge in [-0.15, -0.1) is 0 Å². The summed E-state index contributed by atoms with van der Waals surface area (Å²) < 4.78 is 5.25. The van der Waals surface area contributed by atoms with E-state index in [0.717, 1.165) is 23.1 Å². The standard InChI is InChI=1S/C20H21N3O2/c1-3-17(15-9-5-4-6-10-15)20(24)21-13-18-22-19(23-25-18)16-11-7-8-14(2)12-16/h4-12,17H,3,13H2,1-2H3,(H,21,24)/t17-/m0/s1. The van der Waals surface area contributed by atoms with Crippen LogP contribution in [0.3, 0.4) is 0 Å². The topological polar surface area (TPSA) is 68.0 Å². The Morgan fingerprint density at radius 1 is 1.16 bits per heavy atom. The number of hydrogen-bond donors (Lipinski definition) is 1. The molecule has 5 heteroatoms. The number of carbonyl (C=O) groups is 1. The molecule has 1 aromatic heterocycles. The molecular formula is C20H21N3O2. The van der Waals surface area contributed by atoms with Crippen LogP contribution in [0.1, 0.15) is 36.3 Å². The number of aryl methyl sites for hydroxylation is 1. The molecule has 3 aromatic rings. The molecule has 5 nitrogen and oxygen atoms in total. The predicted octanol–water partition coefficient (Wildman–Crippen LogP) is 3.86. The van der Waals surface area contributed by atoms with Gasteiger partial charge in [-0.05, 0) is 25.0 Å². The minimum absolute atomic E-state index is 0.0380. The maximum atomic E-state index is 12.5. The second-order valence-corrected chi connectivity index (χ2v) is 5.97. The van der Waals surface area contributed by atoms with Gasteiger partial charge in [0.2, 0.25) is 17.6 Å². The van der Waals surface area contributed by atoms with E-state index in [1.165, 1.54) is 0 Å². The average Bonchev–Trinajstić information content (AvgIpc) is 3.11. The van der Waals surface area contributed by atoms with Gasteiger partial charge >= 0.3 is 0 Å². The van der Waals surface area contributed by atoms with Gasteiger partial charge in [-0.1, -0.05) is 66.2 Å². The SMILES string of the molecule is CC[C@H](C(=O)NCc1nc(-c2cccc(C)c2)no1)c1ccccc1. The maximum Gasteiger partial charge on any atom is 0.246 e. The van der Waals surface area contributed by atoms with Gasteiger partial charge in [-0.3, -0.25) is 4.79 Å². The zero-order chi connectivity index (χ0) is 17.6. The number of aromatic nitrogens is 2. The van der Waals surface area contributed by atoms with Gasteiger partial charge in [0.05, 0.1) is 12.5 Å². The second-order valence-electron chi connectivity index (χ2n) is 5.97. The molecule has 0 unspecified atom stereocenters. The molecule has 0 fully saturated rings. The van der Waals surface area contributed by atoms with Gasteiger partial charge in [0, 0.05) is 5.56 Å². The lowest BCUT2D eigenvalue weighted by molar-refractivity contribution is -0.122. The normalized spacial score (nSPS) is 11.9. The fourth-order valence-electron chi connectivity index (χ4n) is 2.77. The molecule has 0 aliphatic carbocycles. The van der Waals surface area contributed by atoms with E-state index in [2.05, 4.69) is 15.5 Å². The van der Waals surface area contributed by atoms with Gasteiger partial charge in [0.15, 0.2) is 0 Å². The lowest BCUT2D eigenvalue weighted by atomic mass is 9.96. The van der Waals surface area contributed by atoms with Crippen LogP contribution in [0.15, 0.2) is 59.1 Å². The van der Waals surface area contributed by atoms with Crippen molar-refractivity contribution in [3.05, 3.63) is 71.6 Å². The molecule has 0 saturated carbocycles. The van der Waals surface area contributed by atoms with Crippen molar-refractivity contribution >= 4 is 5.91 Å². The van der Waals surface area contributed by atoms with Crippen LogP contribution in [0.5, 0.6) is 0 Å². The summed E-state index contributed by atoms with van der Waals surface area (Å²) >= 11 is 0. The maximum absolute atomic E-state index is 12.5. The monoisotopic (exact) mass is 335 g/mol. The summed E-state index contributed by atoms with van der Waals surface area (Å²) in [7, 11) is 0. The number of nitrogens with zero attached hydrogens (tertiary/aromatic N) is 2. The number of rotatable bonds is 6. The van der Waals surface area contributed by atoms with Crippen LogP contribution in [-0.4, -0.2) is 16.0 Å². The van der Waals surface area contributed by atoms with E-state index >= 15 is 0 Å². The first-order chi connectivity index (χ1) is 12.2. The van der Waals surface area contributed by atoms with Crippen LogP contribution < -0.4 is 5.32 Å². The number of benzene rings is 2. The Bertz CT molecular complexity index is 843. The largest absolute Gasteiger partial charge is 0.346 e. The summed E-state index contributed by atoms with van der Waals surface area (Å²) in [5, 5.41) is 6.88. The van der Waals surface area contributed by atoms with Crippen molar-refractivity contribution < 1.29 is 9.32 Å².